The van der Waals surface area contributed by atoms with E-state index in [1.807, 2.05) is 18.2 Å². The van der Waals surface area contributed by atoms with Crippen molar-refractivity contribution in [2.75, 3.05) is 11.9 Å². The highest BCUT2D eigenvalue weighted by molar-refractivity contribution is 5.95. The average Bonchev–Trinajstić information content (AvgIpc) is 3.14. The molecular weight excluding hydrogens is 364 g/mol. The van der Waals surface area contributed by atoms with Gasteiger partial charge in [0.2, 0.25) is 0 Å². The average molecular weight is 384 g/mol. The molecule has 0 fully saturated rings. The molecule has 2 aromatic carbocycles. The number of aryl methyl sites for hydroxylation is 2. The number of ether oxygens (including phenoxy) is 2. The molecule has 0 heterocycles. The van der Waals surface area contributed by atoms with Gasteiger partial charge in [-0.25, -0.2) is 4.79 Å². The molecule has 1 atom stereocenters. The summed E-state index contributed by atoms with van der Waals surface area (Å²) in [6, 6.07) is 11.1. The molecule has 8 heteroatoms. The molecule has 8 nitrogen and oxygen atoms in total. The Labute approximate surface area is 161 Å². The first-order chi connectivity index (χ1) is 13.4. The maximum atomic E-state index is 12.2. The largest absolute Gasteiger partial charge is 0.482 e. The van der Waals surface area contributed by atoms with Crippen LogP contribution < -0.4 is 10.1 Å². The maximum absolute atomic E-state index is 12.2. The van der Waals surface area contributed by atoms with Crippen LogP contribution in [0.1, 0.15) is 24.5 Å². The zero-order valence-electron chi connectivity index (χ0n) is 15.3. The van der Waals surface area contributed by atoms with Crippen molar-refractivity contribution in [1.29, 1.82) is 0 Å². The number of hydrogen-bond acceptors (Lipinski definition) is 6. The van der Waals surface area contributed by atoms with E-state index < -0.39 is 29.5 Å². The van der Waals surface area contributed by atoms with E-state index in [0.717, 1.165) is 19.3 Å². The van der Waals surface area contributed by atoms with Gasteiger partial charge in [0.1, 0.15) is 5.75 Å². The zero-order valence-corrected chi connectivity index (χ0v) is 15.3. The van der Waals surface area contributed by atoms with Crippen molar-refractivity contribution in [2.24, 2.45) is 0 Å². The lowest BCUT2D eigenvalue weighted by Crippen LogP contribution is -2.31. The molecule has 0 unspecified atom stereocenters. The monoisotopic (exact) mass is 384 g/mol. The first-order valence-electron chi connectivity index (χ1n) is 8.92. The summed E-state index contributed by atoms with van der Waals surface area (Å²) < 4.78 is 10.3. The summed E-state index contributed by atoms with van der Waals surface area (Å²) in [5.74, 6) is -0.852. The Morgan fingerprint density at radius 2 is 1.86 bits per heavy atom. The third-order valence-electron chi connectivity index (χ3n) is 4.45. The van der Waals surface area contributed by atoms with Crippen LogP contribution in [0.3, 0.4) is 0 Å². The van der Waals surface area contributed by atoms with E-state index >= 15 is 0 Å². The van der Waals surface area contributed by atoms with Gasteiger partial charge >= 0.3 is 5.97 Å². The van der Waals surface area contributed by atoms with Crippen molar-refractivity contribution < 1.29 is 24.0 Å². The van der Waals surface area contributed by atoms with E-state index in [0.29, 0.717) is 5.69 Å². The molecule has 0 aliphatic heterocycles. The second-order valence-corrected chi connectivity index (χ2v) is 6.50. The molecule has 146 valence electrons. The van der Waals surface area contributed by atoms with Gasteiger partial charge in [0, 0.05) is 17.8 Å². The minimum atomic E-state index is -0.985. The van der Waals surface area contributed by atoms with Crippen LogP contribution in [0.25, 0.3) is 0 Å². The number of rotatable bonds is 7. The number of benzene rings is 2. The van der Waals surface area contributed by atoms with Gasteiger partial charge < -0.3 is 14.8 Å². The normalized spacial score (nSPS) is 13.3. The number of hydrogen-bond donors (Lipinski definition) is 1. The molecule has 0 spiro atoms. The van der Waals surface area contributed by atoms with Crippen molar-refractivity contribution in [3.05, 3.63) is 63.7 Å². The summed E-state index contributed by atoms with van der Waals surface area (Å²) in [7, 11) is 0. The smallest absolute Gasteiger partial charge is 0.344 e. The van der Waals surface area contributed by atoms with E-state index in [4.69, 9.17) is 9.47 Å². The van der Waals surface area contributed by atoms with Gasteiger partial charge in [-0.05, 0) is 61.6 Å². The second kappa shape index (κ2) is 8.51. The van der Waals surface area contributed by atoms with Crippen molar-refractivity contribution in [1.82, 2.24) is 0 Å². The fourth-order valence-electron chi connectivity index (χ4n) is 2.98. The minimum absolute atomic E-state index is 0.0771. The number of nitro groups is 1. The molecule has 28 heavy (non-hydrogen) atoms. The van der Waals surface area contributed by atoms with Crippen LogP contribution in [0.15, 0.2) is 42.5 Å². The molecule has 0 bridgehead atoms. The standard InChI is InChI=1S/C20H20N2O6/c1-13(20(24)21-16-6-5-14-3-2-4-15(14)11-16)28-19(23)12-27-18-9-7-17(8-10-18)22(25)26/h5-11,13H,2-4,12H2,1H3,(H,21,24)/t13-/m0/s1. The van der Waals surface area contributed by atoms with E-state index in [9.17, 15) is 19.7 Å². The van der Waals surface area contributed by atoms with Crippen LogP contribution in [0.5, 0.6) is 5.75 Å². The van der Waals surface area contributed by atoms with Crippen LogP contribution in [0.4, 0.5) is 11.4 Å². The second-order valence-electron chi connectivity index (χ2n) is 6.50. The Morgan fingerprint density at radius 1 is 1.14 bits per heavy atom. The first-order valence-corrected chi connectivity index (χ1v) is 8.92. The van der Waals surface area contributed by atoms with Gasteiger partial charge in [-0.15, -0.1) is 0 Å². The van der Waals surface area contributed by atoms with Crippen molar-refractivity contribution >= 4 is 23.3 Å². The van der Waals surface area contributed by atoms with E-state index in [1.165, 1.54) is 42.3 Å². The van der Waals surface area contributed by atoms with Gasteiger partial charge in [-0.2, -0.15) is 0 Å². The lowest BCUT2D eigenvalue weighted by Gasteiger charge is -2.14. The number of fused-ring (bicyclic) bond motifs is 1. The number of amides is 1. The van der Waals surface area contributed by atoms with Crippen molar-refractivity contribution in [3.63, 3.8) is 0 Å². The number of esters is 1. The fraction of sp³-hybridized carbons (Fsp3) is 0.300. The van der Waals surface area contributed by atoms with Gasteiger partial charge in [0.05, 0.1) is 4.92 Å². The van der Waals surface area contributed by atoms with Gasteiger partial charge in [0.15, 0.2) is 12.7 Å². The summed E-state index contributed by atoms with van der Waals surface area (Å²) in [6.07, 6.45) is 2.20. The molecule has 0 aromatic heterocycles. The molecule has 1 aliphatic rings. The molecule has 0 saturated heterocycles. The molecule has 1 N–H and O–H groups in total. The van der Waals surface area contributed by atoms with Crippen LogP contribution in [0, 0.1) is 10.1 Å². The van der Waals surface area contributed by atoms with Crippen LogP contribution in [-0.2, 0) is 27.2 Å². The maximum Gasteiger partial charge on any atom is 0.344 e. The SMILES string of the molecule is C[C@H](OC(=O)COc1ccc([N+](=O)[O-])cc1)C(=O)Nc1ccc2c(c1)CCC2. The summed E-state index contributed by atoms with van der Waals surface area (Å²) in [4.78, 5) is 34.2. The third-order valence-corrected chi connectivity index (χ3v) is 4.45. The molecule has 0 saturated carbocycles. The molecule has 2 aromatic rings. The fourth-order valence-corrected chi connectivity index (χ4v) is 2.98. The highest BCUT2D eigenvalue weighted by Gasteiger charge is 2.19. The predicted molar refractivity (Wildman–Crippen MR) is 101 cm³/mol. The highest BCUT2D eigenvalue weighted by atomic mass is 16.6. The lowest BCUT2D eigenvalue weighted by atomic mass is 10.1. The Kier molecular flexibility index (Phi) is 5.88. The minimum Gasteiger partial charge on any atom is -0.482 e. The van der Waals surface area contributed by atoms with Crippen LogP contribution in [-0.4, -0.2) is 29.5 Å². The Balaban J connectivity index is 1.46. The number of anilines is 1. The molecule has 1 amide bonds. The van der Waals surface area contributed by atoms with Gasteiger partial charge in [0.25, 0.3) is 11.6 Å². The zero-order chi connectivity index (χ0) is 20.1. The first kappa shape index (κ1) is 19.3. The Hall–Kier alpha value is -3.42. The number of non-ortho nitro benzene ring substituents is 1. The number of carbonyl (C=O) groups excluding carboxylic acids is 2. The molecule has 1 aliphatic carbocycles. The Bertz CT molecular complexity index is 894. The molecule has 0 radical (unpaired) electrons. The third kappa shape index (κ3) is 4.85. The predicted octanol–water partition coefficient (Wildman–Crippen LogP) is 3.03. The number of carbonyl (C=O) groups is 2. The molecular formula is C20H20N2O6. The molecule has 3 rings (SSSR count). The lowest BCUT2D eigenvalue weighted by molar-refractivity contribution is -0.384. The summed E-state index contributed by atoms with van der Waals surface area (Å²) in [5.41, 5.74) is 3.14. The summed E-state index contributed by atoms with van der Waals surface area (Å²) in [6.45, 7) is 1.07. The highest BCUT2D eigenvalue weighted by Crippen LogP contribution is 2.25. The van der Waals surface area contributed by atoms with E-state index in [2.05, 4.69) is 5.32 Å². The van der Waals surface area contributed by atoms with Crippen molar-refractivity contribution in [3.8, 4) is 5.75 Å². The van der Waals surface area contributed by atoms with Crippen molar-refractivity contribution in [2.45, 2.75) is 32.3 Å². The number of nitrogens with zero attached hydrogens (tertiary/aromatic N) is 1. The van der Waals surface area contributed by atoms with Crippen LogP contribution >= 0.6 is 0 Å². The quantitative estimate of drug-likeness (QED) is 0.447. The van der Waals surface area contributed by atoms with Gasteiger partial charge in [-0.1, -0.05) is 6.07 Å². The Morgan fingerprint density at radius 3 is 2.57 bits per heavy atom. The topological polar surface area (TPSA) is 108 Å². The van der Waals surface area contributed by atoms with E-state index in [1.54, 1.807) is 0 Å². The summed E-state index contributed by atoms with van der Waals surface area (Å²) in [5, 5.41) is 13.3. The number of nitrogens with one attached hydrogen (secondary N) is 1. The van der Waals surface area contributed by atoms with Gasteiger partial charge in [-0.3, -0.25) is 14.9 Å². The van der Waals surface area contributed by atoms with Crippen LogP contribution in [0.2, 0.25) is 0 Å². The van der Waals surface area contributed by atoms with E-state index in [-0.39, 0.29) is 11.4 Å². The summed E-state index contributed by atoms with van der Waals surface area (Å²) >= 11 is 0. The number of nitro benzene ring substituents is 1.